The van der Waals surface area contributed by atoms with E-state index in [1.165, 1.54) is 12.0 Å². The van der Waals surface area contributed by atoms with Gasteiger partial charge in [0.1, 0.15) is 6.10 Å². The second-order valence-electron chi connectivity index (χ2n) is 7.93. The lowest BCUT2D eigenvalue weighted by Crippen LogP contribution is -2.44. The van der Waals surface area contributed by atoms with E-state index >= 15 is 0 Å². The molecule has 27 heavy (non-hydrogen) atoms. The van der Waals surface area contributed by atoms with E-state index in [1.807, 2.05) is 34.8 Å². The number of aryl methyl sites for hydroxylation is 1. The third kappa shape index (κ3) is 3.65. The average Bonchev–Trinajstić information content (AvgIpc) is 2.89. The van der Waals surface area contributed by atoms with Crippen LogP contribution in [0.1, 0.15) is 43.4 Å². The van der Waals surface area contributed by atoms with Crippen molar-refractivity contribution in [2.75, 3.05) is 13.1 Å². The fraction of sp³-hybridized carbons (Fsp3) is 0.545. The normalized spacial score (nSPS) is 19.4. The van der Waals surface area contributed by atoms with Crippen LogP contribution in [0.15, 0.2) is 30.3 Å². The Morgan fingerprint density at radius 2 is 1.81 bits per heavy atom. The summed E-state index contributed by atoms with van der Waals surface area (Å²) in [6, 6.07) is 10.3. The number of aromatic nitrogens is 2. The van der Waals surface area contributed by atoms with E-state index in [0.29, 0.717) is 13.1 Å². The summed E-state index contributed by atoms with van der Waals surface area (Å²) >= 11 is 0. The van der Waals surface area contributed by atoms with Gasteiger partial charge in [-0.1, -0.05) is 49.6 Å². The van der Waals surface area contributed by atoms with Crippen LogP contribution in [0.2, 0.25) is 0 Å². The first-order valence-electron chi connectivity index (χ1n) is 10.2. The molecule has 4 rings (SSSR count). The van der Waals surface area contributed by atoms with Crippen molar-refractivity contribution in [1.29, 1.82) is 0 Å². The number of amides is 1. The standard InChI is InChI=1S/C22H29N3O2/c1-24-20(16-8-4-2-5-9-16)18-12-14-25(15-13-19(18)23-24)22(27)21(26)17-10-6-3-7-11-17/h2,4-5,8-9,17,21,26H,3,6-7,10-15H2,1H3/t21-/m1/s1. The molecule has 1 amide bonds. The van der Waals surface area contributed by atoms with Crippen molar-refractivity contribution >= 4 is 5.91 Å². The monoisotopic (exact) mass is 367 g/mol. The summed E-state index contributed by atoms with van der Waals surface area (Å²) in [6.45, 7) is 1.29. The molecule has 2 heterocycles. The van der Waals surface area contributed by atoms with Gasteiger partial charge in [0.05, 0.1) is 11.4 Å². The van der Waals surface area contributed by atoms with Gasteiger partial charge in [-0.15, -0.1) is 0 Å². The second kappa shape index (κ2) is 7.85. The molecule has 2 aromatic rings. The molecule has 0 saturated heterocycles. The molecule has 5 heteroatoms. The van der Waals surface area contributed by atoms with Crippen molar-refractivity contribution in [3.63, 3.8) is 0 Å². The van der Waals surface area contributed by atoms with E-state index in [2.05, 4.69) is 12.1 Å². The average molecular weight is 367 g/mol. The third-order valence-corrected chi connectivity index (χ3v) is 6.19. The minimum Gasteiger partial charge on any atom is -0.383 e. The van der Waals surface area contributed by atoms with Crippen LogP contribution >= 0.6 is 0 Å². The summed E-state index contributed by atoms with van der Waals surface area (Å²) in [4.78, 5) is 14.8. The Morgan fingerprint density at radius 1 is 1.11 bits per heavy atom. The maximum Gasteiger partial charge on any atom is 0.251 e. The number of rotatable bonds is 3. The number of carbonyl (C=O) groups excluding carboxylic acids is 1. The smallest absolute Gasteiger partial charge is 0.251 e. The molecule has 1 atom stereocenters. The molecule has 1 N–H and O–H groups in total. The van der Waals surface area contributed by atoms with Crippen LogP contribution in [-0.2, 0) is 24.7 Å². The molecular formula is C22H29N3O2. The molecule has 1 aliphatic heterocycles. The van der Waals surface area contributed by atoms with Gasteiger partial charge < -0.3 is 10.0 Å². The van der Waals surface area contributed by atoms with Crippen molar-refractivity contribution in [3.05, 3.63) is 41.6 Å². The topological polar surface area (TPSA) is 58.4 Å². The summed E-state index contributed by atoms with van der Waals surface area (Å²) in [7, 11) is 1.99. The van der Waals surface area contributed by atoms with Gasteiger partial charge in [0, 0.05) is 37.7 Å². The van der Waals surface area contributed by atoms with Crippen LogP contribution in [0.4, 0.5) is 0 Å². The number of carbonyl (C=O) groups is 1. The molecule has 0 spiro atoms. The third-order valence-electron chi connectivity index (χ3n) is 6.19. The largest absolute Gasteiger partial charge is 0.383 e. The highest BCUT2D eigenvalue weighted by atomic mass is 16.3. The molecular weight excluding hydrogens is 338 g/mol. The van der Waals surface area contributed by atoms with Gasteiger partial charge >= 0.3 is 0 Å². The number of fused-ring (bicyclic) bond motifs is 1. The van der Waals surface area contributed by atoms with Crippen LogP contribution < -0.4 is 0 Å². The van der Waals surface area contributed by atoms with E-state index in [0.717, 1.165) is 55.5 Å². The van der Waals surface area contributed by atoms with Crippen molar-refractivity contribution in [2.45, 2.75) is 51.0 Å². The van der Waals surface area contributed by atoms with Gasteiger partial charge in [0.25, 0.3) is 5.91 Å². The second-order valence-corrected chi connectivity index (χ2v) is 7.93. The minimum atomic E-state index is -0.838. The van der Waals surface area contributed by atoms with E-state index in [9.17, 15) is 9.90 Å². The van der Waals surface area contributed by atoms with Crippen LogP contribution in [-0.4, -0.2) is 44.9 Å². The van der Waals surface area contributed by atoms with Crippen LogP contribution in [0.25, 0.3) is 11.3 Å². The summed E-state index contributed by atoms with van der Waals surface area (Å²) in [5.41, 5.74) is 4.63. The Hall–Kier alpha value is -2.14. The fourth-order valence-electron chi connectivity index (χ4n) is 4.70. The number of nitrogens with zero attached hydrogens (tertiary/aromatic N) is 3. The van der Waals surface area contributed by atoms with Gasteiger partial charge in [-0.3, -0.25) is 9.48 Å². The first-order chi connectivity index (χ1) is 13.1. The van der Waals surface area contributed by atoms with Gasteiger partial charge in [-0.05, 0) is 25.2 Å². The van der Waals surface area contributed by atoms with Gasteiger partial charge in [-0.2, -0.15) is 5.10 Å². The van der Waals surface area contributed by atoms with Crippen molar-refractivity contribution < 1.29 is 9.90 Å². The van der Waals surface area contributed by atoms with Crippen LogP contribution in [0.5, 0.6) is 0 Å². The molecule has 0 radical (unpaired) electrons. The Morgan fingerprint density at radius 3 is 2.56 bits per heavy atom. The van der Waals surface area contributed by atoms with Gasteiger partial charge in [-0.25, -0.2) is 0 Å². The maximum atomic E-state index is 12.9. The maximum absolute atomic E-state index is 12.9. The summed E-state index contributed by atoms with van der Waals surface area (Å²) < 4.78 is 1.97. The zero-order valence-electron chi connectivity index (χ0n) is 16.1. The van der Waals surface area contributed by atoms with E-state index in [1.54, 1.807) is 0 Å². The molecule has 2 aliphatic rings. The van der Waals surface area contributed by atoms with Crippen molar-refractivity contribution in [1.82, 2.24) is 14.7 Å². The molecule has 1 fully saturated rings. The number of benzene rings is 1. The highest BCUT2D eigenvalue weighted by Crippen LogP contribution is 2.30. The lowest BCUT2D eigenvalue weighted by atomic mass is 9.85. The zero-order valence-corrected chi connectivity index (χ0v) is 16.1. The summed E-state index contributed by atoms with van der Waals surface area (Å²) in [5, 5.41) is 15.4. The lowest BCUT2D eigenvalue weighted by molar-refractivity contribution is -0.143. The number of hydrogen-bond acceptors (Lipinski definition) is 3. The Balaban J connectivity index is 1.50. The first-order valence-corrected chi connectivity index (χ1v) is 10.2. The van der Waals surface area contributed by atoms with Crippen LogP contribution in [0.3, 0.4) is 0 Å². The first kappa shape index (κ1) is 18.2. The highest BCUT2D eigenvalue weighted by Gasteiger charge is 2.32. The summed E-state index contributed by atoms with van der Waals surface area (Å²) in [6.07, 6.45) is 6.14. The summed E-state index contributed by atoms with van der Waals surface area (Å²) in [5.74, 6) is 0.0502. The lowest BCUT2D eigenvalue weighted by Gasteiger charge is -2.30. The SMILES string of the molecule is Cn1nc2c(c1-c1ccccc1)CCN(C(=O)[C@H](O)C1CCCCC1)CC2. The molecule has 1 aliphatic carbocycles. The quantitative estimate of drug-likeness (QED) is 0.907. The minimum absolute atomic E-state index is 0.0855. The van der Waals surface area contributed by atoms with Crippen LogP contribution in [0, 0.1) is 5.92 Å². The van der Waals surface area contributed by atoms with E-state index in [-0.39, 0.29) is 11.8 Å². The van der Waals surface area contributed by atoms with Crippen molar-refractivity contribution in [3.8, 4) is 11.3 Å². The number of aliphatic hydroxyl groups is 1. The molecule has 0 unspecified atom stereocenters. The Bertz CT molecular complexity index is 793. The Kier molecular flexibility index (Phi) is 5.30. The van der Waals surface area contributed by atoms with Crippen molar-refractivity contribution in [2.24, 2.45) is 13.0 Å². The number of aliphatic hydroxyl groups excluding tert-OH is 1. The van der Waals surface area contributed by atoms with E-state index < -0.39 is 6.10 Å². The highest BCUT2D eigenvalue weighted by molar-refractivity contribution is 5.81. The van der Waals surface area contributed by atoms with Gasteiger partial charge in [0.15, 0.2) is 0 Å². The molecule has 5 nitrogen and oxygen atoms in total. The van der Waals surface area contributed by atoms with Gasteiger partial charge in [0.2, 0.25) is 0 Å². The number of hydrogen-bond donors (Lipinski definition) is 1. The fourth-order valence-corrected chi connectivity index (χ4v) is 4.70. The molecule has 1 saturated carbocycles. The molecule has 0 bridgehead atoms. The molecule has 1 aromatic heterocycles. The molecule has 1 aromatic carbocycles. The predicted molar refractivity (Wildman–Crippen MR) is 105 cm³/mol. The van der Waals surface area contributed by atoms with E-state index in [4.69, 9.17) is 5.10 Å². The molecule has 144 valence electrons. The predicted octanol–water partition coefficient (Wildman–Crippen LogP) is 2.96. The zero-order chi connectivity index (χ0) is 18.8. The Labute approximate surface area is 161 Å².